The predicted octanol–water partition coefficient (Wildman–Crippen LogP) is 2.24. The molecule has 0 aromatic carbocycles. The van der Waals surface area contributed by atoms with Crippen LogP contribution in [0.3, 0.4) is 0 Å². The predicted molar refractivity (Wildman–Crippen MR) is 82.0 cm³/mol. The van der Waals surface area contributed by atoms with Gasteiger partial charge in [-0.25, -0.2) is 13.1 Å². The molecule has 3 N–H and O–H groups in total. The van der Waals surface area contributed by atoms with Gasteiger partial charge in [0.05, 0.1) is 4.90 Å². The van der Waals surface area contributed by atoms with Crippen LogP contribution in [-0.4, -0.2) is 19.5 Å². The fourth-order valence-electron chi connectivity index (χ4n) is 1.79. The first kappa shape index (κ1) is 17.2. The summed E-state index contributed by atoms with van der Waals surface area (Å²) in [5, 5.41) is 0. The maximum absolute atomic E-state index is 12.3. The molecule has 1 aromatic rings. The molecule has 0 unspecified atom stereocenters. The fourth-order valence-corrected chi connectivity index (χ4v) is 3.08. The summed E-state index contributed by atoms with van der Waals surface area (Å²) in [4.78, 5) is 0.290. The topological polar surface area (TPSA) is 77.1 Å². The SMILES string of the molecule is CCC(C)(C)CNS(=O)(=O)c1cc(CN)n(C(C)C)c1. The largest absolute Gasteiger partial charge is 0.346 e. The summed E-state index contributed by atoms with van der Waals surface area (Å²) in [7, 11) is -3.48. The van der Waals surface area contributed by atoms with E-state index >= 15 is 0 Å². The third-order valence-electron chi connectivity index (χ3n) is 3.68. The van der Waals surface area contributed by atoms with E-state index in [1.54, 1.807) is 12.3 Å². The molecular weight excluding hydrogens is 274 g/mol. The second-order valence-corrected chi connectivity index (χ2v) is 7.98. The highest BCUT2D eigenvalue weighted by atomic mass is 32.2. The molecule has 0 aliphatic rings. The smallest absolute Gasteiger partial charge is 0.242 e. The summed E-state index contributed by atoms with van der Waals surface area (Å²) in [5.74, 6) is 0. The number of sulfonamides is 1. The van der Waals surface area contributed by atoms with E-state index in [1.165, 1.54) is 0 Å². The number of hydrogen-bond donors (Lipinski definition) is 2. The van der Waals surface area contributed by atoms with Crippen molar-refractivity contribution in [2.24, 2.45) is 11.1 Å². The maximum atomic E-state index is 12.3. The Kier molecular flexibility index (Phi) is 5.40. The molecule has 0 saturated heterocycles. The molecule has 0 aliphatic carbocycles. The van der Waals surface area contributed by atoms with Crippen LogP contribution >= 0.6 is 0 Å². The normalized spacial score (nSPS) is 13.2. The molecule has 0 spiro atoms. The van der Waals surface area contributed by atoms with Crippen LogP contribution in [-0.2, 0) is 16.6 Å². The van der Waals surface area contributed by atoms with E-state index in [4.69, 9.17) is 5.73 Å². The Bertz CT molecular complexity index is 545. The number of aromatic nitrogens is 1. The van der Waals surface area contributed by atoms with Gasteiger partial charge in [-0.1, -0.05) is 20.8 Å². The van der Waals surface area contributed by atoms with Gasteiger partial charge in [0.1, 0.15) is 0 Å². The zero-order valence-electron chi connectivity index (χ0n) is 13.1. The van der Waals surface area contributed by atoms with Crippen molar-refractivity contribution in [3.8, 4) is 0 Å². The van der Waals surface area contributed by atoms with Crippen LogP contribution in [0.4, 0.5) is 0 Å². The van der Waals surface area contributed by atoms with Crippen molar-refractivity contribution >= 4 is 10.0 Å². The van der Waals surface area contributed by atoms with Gasteiger partial charge in [-0.3, -0.25) is 0 Å². The lowest BCUT2D eigenvalue weighted by molar-refractivity contribution is 0.350. The van der Waals surface area contributed by atoms with Crippen LogP contribution in [0, 0.1) is 5.41 Å². The van der Waals surface area contributed by atoms with Crippen molar-refractivity contribution < 1.29 is 8.42 Å². The van der Waals surface area contributed by atoms with Crippen molar-refractivity contribution in [2.75, 3.05) is 6.54 Å². The van der Waals surface area contributed by atoms with E-state index in [-0.39, 0.29) is 11.5 Å². The molecule has 6 heteroatoms. The summed E-state index contributed by atoms with van der Waals surface area (Å²) >= 11 is 0. The first-order valence-corrected chi connectivity index (χ1v) is 8.52. The van der Waals surface area contributed by atoms with Gasteiger partial charge < -0.3 is 10.3 Å². The molecule has 1 rings (SSSR count). The highest BCUT2D eigenvalue weighted by molar-refractivity contribution is 7.89. The summed E-state index contributed by atoms with van der Waals surface area (Å²) in [6, 6.07) is 1.84. The van der Waals surface area contributed by atoms with E-state index in [2.05, 4.69) is 11.6 Å². The van der Waals surface area contributed by atoms with Crippen LogP contribution in [0.5, 0.6) is 0 Å². The second kappa shape index (κ2) is 6.28. The zero-order valence-corrected chi connectivity index (χ0v) is 13.9. The average molecular weight is 301 g/mol. The highest BCUT2D eigenvalue weighted by Gasteiger charge is 2.23. The highest BCUT2D eigenvalue weighted by Crippen LogP contribution is 2.21. The Morgan fingerprint density at radius 3 is 2.40 bits per heavy atom. The summed E-state index contributed by atoms with van der Waals surface area (Å²) in [6.45, 7) is 10.9. The van der Waals surface area contributed by atoms with Crippen molar-refractivity contribution in [3.63, 3.8) is 0 Å². The first-order valence-electron chi connectivity index (χ1n) is 7.03. The monoisotopic (exact) mass is 301 g/mol. The lowest BCUT2D eigenvalue weighted by Crippen LogP contribution is -2.33. The summed E-state index contributed by atoms with van der Waals surface area (Å²) < 4.78 is 29.3. The van der Waals surface area contributed by atoms with E-state index in [9.17, 15) is 8.42 Å². The van der Waals surface area contributed by atoms with Gasteiger partial charge in [0.2, 0.25) is 10.0 Å². The van der Waals surface area contributed by atoms with Crippen LogP contribution < -0.4 is 10.5 Å². The Morgan fingerprint density at radius 1 is 1.40 bits per heavy atom. The maximum Gasteiger partial charge on any atom is 0.242 e. The molecule has 20 heavy (non-hydrogen) atoms. The lowest BCUT2D eigenvalue weighted by Gasteiger charge is -2.22. The minimum absolute atomic E-state index is 0.0512. The Balaban J connectivity index is 2.99. The molecular formula is C14H27N3O2S. The van der Waals surface area contributed by atoms with Gasteiger partial charge in [-0.2, -0.15) is 0 Å². The number of rotatable bonds is 7. The molecule has 5 nitrogen and oxygen atoms in total. The third-order valence-corrected chi connectivity index (χ3v) is 5.05. The standard InChI is InChI=1S/C14H27N3O2S/c1-6-14(4,5)10-16-20(18,19)13-7-12(8-15)17(9-13)11(2)3/h7,9,11,16H,6,8,10,15H2,1-5H3. The van der Waals surface area contributed by atoms with E-state index in [0.717, 1.165) is 12.1 Å². The minimum atomic E-state index is -3.48. The van der Waals surface area contributed by atoms with Crippen LogP contribution in [0.1, 0.15) is 52.8 Å². The molecule has 0 bridgehead atoms. The third kappa shape index (κ3) is 4.07. The summed E-state index contributed by atoms with van der Waals surface area (Å²) in [6.07, 6.45) is 2.57. The Labute approximate surface area is 122 Å². The van der Waals surface area contributed by atoms with Crippen LogP contribution in [0.15, 0.2) is 17.2 Å². The molecule has 1 heterocycles. The van der Waals surface area contributed by atoms with E-state index < -0.39 is 10.0 Å². The Morgan fingerprint density at radius 2 is 2.00 bits per heavy atom. The van der Waals surface area contributed by atoms with Gasteiger partial charge in [0.15, 0.2) is 0 Å². The van der Waals surface area contributed by atoms with Crippen molar-refractivity contribution in [1.29, 1.82) is 0 Å². The number of nitrogens with one attached hydrogen (secondary N) is 1. The number of hydrogen-bond acceptors (Lipinski definition) is 3. The molecule has 0 fully saturated rings. The molecule has 0 amide bonds. The molecule has 0 radical (unpaired) electrons. The molecule has 0 atom stereocenters. The molecule has 116 valence electrons. The van der Waals surface area contributed by atoms with Crippen molar-refractivity contribution in [3.05, 3.63) is 18.0 Å². The Hall–Kier alpha value is -0.850. The average Bonchev–Trinajstić information content (AvgIpc) is 2.82. The van der Waals surface area contributed by atoms with Gasteiger partial charge in [-0.05, 0) is 31.7 Å². The molecule has 0 aliphatic heterocycles. The minimum Gasteiger partial charge on any atom is -0.346 e. The zero-order chi connectivity index (χ0) is 15.6. The molecule has 0 saturated carbocycles. The van der Waals surface area contributed by atoms with Crippen molar-refractivity contribution in [1.82, 2.24) is 9.29 Å². The van der Waals surface area contributed by atoms with E-state index in [0.29, 0.717) is 18.0 Å². The fraction of sp³-hybridized carbons (Fsp3) is 0.714. The van der Waals surface area contributed by atoms with Crippen LogP contribution in [0.25, 0.3) is 0 Å². The van der Waals surface area contributed by atoms with Gasteiger partial charge >= 0.3 is 0 Å². The summed E-state index contributed by atoms with van der Waals surface area (Å²) in [5.41, 5.74) is 6.45. The van der Waals surface area contributed by atoms with Crippen molar-refractivity contribution in [2.45, 2.75) is 58.5 Å². The van der Waals surface area contributed by atoms with Gasteiger partial charge in [-0.15, -0.1) is 0 Å². The quantitative estimate of drug-likeness (QED) is 0.811. The van der Waals surface area contributed by atoms with Crippen LogP contribution in [0.2, 0.25) is 0 Å². The second-order valence-electron chi connectivity index (χ2n) is 6.21. The lowest BCUT2D eigenvalue weighted by atomic mass is 9.91. The van der Waals surface area contributed by atoms with Gasteiger partial charge in [0, 0.05) is 31.0 Å². The van der Waals surface area contributed by atoms with E-state index in [1.807, 2.05) is 32.3 Å². The molecule has 1 aromatic heterocycles. The number of nitrogens with two attached hydrogens (primary N) is 1. The van der Waals surface area contributed by atoms with Gasteiger partial charge in [0.25, 0.3) is 0 Å². The first-order chi connectivity index (χ1) is 9.13. The number of nitrogens with zero attached hydrogens (tertiary/aromatic N) is 1.